The number of carboxylic acid groups (broad SMARTS) is 1. The molecule has 2 aliphatic rings. The highest BCUT2D eigenvalue weighted by atomic mass is 32.2. The van der Waals surface area contributed by atoms with Gasteiger partial charge in [0.25, 0.3) is 0 Å². The number of urea groups is 1. The lowest BCUT2D eigenvalue weighted by molar-refractivity contribution is -0.140. The maximum Gasteiger partial charge on any atom is 0.315 e. The molecule has 0 aliphatic heterocycles. The van der Waals surface area contributed by atoms with E-state index >= 15 is 0 Å². The highest BCUT2D eigenvalue weighted by Gasteiger charge is 2.32. The number of nitrogens with one attached hydrogen (secondary N) is 2. The Kier molecular flexibility index (Phi) is 5.56. The first-order valence-corrected chi connectivity index (χ1v) is 8.78. The summed E-state index contributed by atoms with van der Waals surface area (Å²) >= 11 is 1.85. The van der Waals surface area contributed by atoms with Crippen LogP contribution >= 0.6 is 11.8 Å². The Morgan fingerprint density at radius 3 is 2.57 bits per heavy atom. The third kappa shape index (κ3) is 4.40. The summed E-state index contributed by atoms with van der Waals surface area (Å²) in [6, 6.07) is -0.377. The average molecular weight is 312 g/mol. The number of hydrogen-bond donors (Lipinski definition) is 3. The van der Waals surface area contributed by atoms with Gasteiger partial charge >= 0.3 is 12.0 Å². The molecule has 6 heteroatoms. The van der Waals surface area contributed by atoms with E-state index in [1.54, 1.807) is 12.2 Å². The lowest BCUT2D eigenvalue weighted by atomic mass is 9.88. The molecule has 0 heterocycles. The Morgan fingerprint density at radius 1 is 1.29 bits per heavy atom. The van der Waals surface area contributed by atoms with Crippen LogP contribution in [0.5, 0.6) is 0 Å². The number of aliphatic carboxylic acids is 1. The van der Waals surface area contributed by atoms with Crippen LogP contribution in [0.15, 0.2) is 12.2 Å². The fraction of sp³-hybridized carbons (Fsp3) is 0.733. The molecule has 0 aromatic carbocycles. The number of hydrogen-bond acceptors (Lipinski definition) is 3. The van der Waals surface area contributed by atoms with Gasteiger partial charge in [0, 0.05) is 11.3 Å². The second kappa shape index (κ2) is 7.20. The van der Waals surface area contributed by atoms with Gasteiger partial charge in [0.05, 0.1) is 12.0 Å². The first kappa shape index (κ1) is 16.2. The van der Waals surface area contributed by atoms with Crippen LogP contribution in [-0.4, -0.2) is 40.7 Å². The van der Waals surface area contributed by atoms with Gasteiger partial charge in [-0.3, -0.25) is 4.79 Å². The molecule has 21 heavy (non-hydrogen) atoms. The standard InChI is InChI=1S/C15H24N2O3S/c1-21-15(7-3-2-4-8-15)10-16-14(20)17-12-6-5-11(9-12)13(18)19/h5-6,11-12H,2-4,7-10H2,1H3,(H,18,19)(H2,16,17,20). The van der Waals surface area contributed by atoms with Crippen LogP contribution in [0.25, 0.3) is 0 Å². The molecule has 3 N–H and O–H groups in total. The molecular weight excluding hydrogens is 288 g/mol. The Labute approximate surface area is 129 Å². The molecule has 2 aliphatic carbocycles. The average Bonchev–Trinajstić information content (AvgIpc) is 2.95. The first-order chi connectivity index (χ1) is 10.0. The Bertz CT molecular complexity index is 419. The van der Waals surface area contributed by atoms with Crippen LogP contribution in [-0.2, 0) is 4.79 Å². The van der Waals surface area contributed by atoms with E-state index in [9.17, 15) is 9.59 Å². The van der Waals surface area contributed by atoms with Gasteiger partial charge in [-0.25, -0.2) is 4.79 Å². The molecule has 2 unspecified atom stereocenters. The third-order valence-corrected chi connectivity index (χ3v) is 5.90. The molecule has 0 bridgehead atoms. The maximum atomic E-state index is 12.0. The number of amides is 2. The minimum absolute atomic E-state index is 0.171. The normalized spacial score (nSPS) is 27.3. The van der Waals surface area contributed by atoms with Crippen LogP contribution < -0.4 is 10.6 Å². The quantitative estimate of drug-likeness (QED) is 0.681. The molecule has 2 amide bonds. The van der Waals surface area contributed by atoms with Gasteiger partial charge in [-0.2, -0.15) is 11.8 Å². The van der Waals surface area contributed by atoms with Crippen LogP contribution in [0, 0.1) is 5.92 Å². The molecule has 0 radical (unpaired) electrons. The maximum absolute atomic E-state index is 12.0. The van der Waals surface area contributed by atoms with Crippen LogP contribution in [0.4, 0.5) is 4.79 Å². The van der Waals surface area contributed by atoms with E-state index in [0.717, 1.165) is 12.8 Å². The summed E-state index contributed by atoms with van der Waals surface area (Å²) in [7, 11) is 0. The summed E-state index contributed by atoms with van der Waals surface area (Å²) in [5, 5.41) is 14.7. The van der Waals surface area contributed by atoms with Crippen molar-refractivity contribution in [3.8, 4) is 0 Å². The second-order valence-corrected chi connectivity index (χ2v) is 7.22. The van der Waals surface area contributed by atoms with Gasteiger partial charge in [-0.15, -0.1) is 0 Å². The van der Waals surface area contributed by atoms with Crippen molar-refractivity contribution in [3.63, 3.8) is 0 Å². The van der Waals surface area contributed by atoms with Gasteiger partial charge in [-0.05, 0) is 25.5 Å². The highest BCUT2D eigenvalue weighted by molar-refractivity contribution is 8.00. The molecule has 2 rings (SSSR count). The third-order valence-electron chi connectivity index (χ3n) is 4.49. The molecule has 0 aromatic rings. The van der Waals surface area contributed by atoms with E-state index < -0.39 is 11.9 Å². The van der Waals surface area contributed by atoms with Crippen molar-refractivity contribution in [2.45, 2.75) is 49.3 Å². The van der Waals surface area contributed by atoms with E-state index in [1.165, 1.54) is 19.3 Å². The molecule has 5 nitrogen and oxygen atoms in total. The van der Waals surface area contributed by atoms with Crippen molar-refractivity contribution >= 4 is 23.8 Å². The van der Waals surface area contributed by atoms with Crippen molar-refractivity contribution < 1.29 is 14.7 Å². The minimum Gasteiger partial charge on any atom is -0.481 e. The van der Waals surface area contributed by atoms with Gasteiger partial charge in [0.15, 0.2) is 0 Å². The lowest BCUT2D eigenvalue weighted by Crippen LogP contribution is -2.47. The van der Waals surface area contributed by atoms with Gasteiger partial charge in [0.1, 0.15) is 0 Å². The predicted molar refractivity (Wildman–Crippen MR) is 84.5 cm³/mol. The van der Waals surface area contributed by atoms with Crippen molar-refractivity contribution in [1.82, 2.24) is 10.6 Å². The summed E-state index contributed by atoms with van der Waals surface area (Å²) in [4.78, 5) is 22.8. The largest absolute Gasteiger partial charge is 0.481 e. The van der Waals surface area contributed by atoms with E-state index in [2.05, 4.69) is 16.9 Å². The smallest absolute Gasteiger partial charge is 0.315 e. The fourth-order valence-electron chi connectivity index (χ4n) is 3.10. The fourth-order valence-corrected chi connectivity index (χ4v) is 4.01. The van der Waals surface area contributed by atoms with Crippen molar-refractivity contribution in [2.24, 2.45) is 5.92 Å². The highest BCUT2D eigenvalue weighted by Crippen LogP contribution is 2.37. The topological polar surface area (TPSA) is 78.4 Å². The zero-order chi connectivity index (χ0) is 15.3. The van der Waals surface area contributed by atoms with E-state index in [0.29, 0.717) is 13.0 Å². The number of thioether (sulfide) groups is 1. The van der Waals surface area contributed by atoms with Crippen molar-refractivity contribution in [1.29, 1.82) is 0 Å². The van der Waals surface area contributed by atoms with Gasteiger partial charge in [0.2, 0.25) is 0 Å². The Hall–Kier alpha value is -1.17. The Morgan fingerprint density at radius 2 is 2.00 bits per heavy atom. The molecule has 0 spiro atoms. The molecule has 0 saturated heterocycles. The lowest BCUT2D eigenvalue weighted by Gasteiger charge is -2.35. The molecule has 1 saturated carbocycles. The number of carbonyl (C=O) groups is 2. The summed E-state index contributed by atoms with van der Waals surface area (Å²) in [5.41, 5.74) is 0. The summed E-state index contributed by atoms with van der Waals surface area (Å²) in [5.74, 6) is -1.31. The molecule has 118 valence electrons. The van der Waals surface area contributed by atoms with Crippen LogP contribution in [0.2, 0.25) is 0 Å². The Balaban J connectivity index is 1.75. The monoisotopic (exact) mass is 312 g/mol. The SMILES string of the molecule is CSC1(CNC(=O)NC2C=CC(C(=O)O)C2)CCCCC1. The van der Waals surface area contributed by atoms with Gasteiger partial charge < -0.3 is 15.7 Å². The number of rotatable bonds is 5. The molecule has 0 aromatic heterocycles. The second-order valence-electron chi connectivity index (χ2n) is 5.95. The van der Waals surface area contributed by atoms with Crippen molar-refractivity contribution in [3.05, 3.63) is 12.2 Å². The molecule has 2 atom stereocenters. The van der Waals surface area contributed by atoms with E-state index in [-0.39, 0.29) is 16.8 Å². The molecule has 1 fully saturated rings. The zero-order valence-electron chi connectivity index (χ0n) is 12.4. The predicted octanol–water partition coefficient (Wildman–Crippen LogP) is 2.38. The molecular formula is C15H24N2O3S. The van der Waals surface area contributed by atoms with Gasteiger partial charge in [-0.1, -0.05) is 31.4 Å². The zero-order valence-corrected chi connectivity index (χ0v) is 13.2. The summed E-state index contributed by atoms with van der Waals surface area (Å²) in [6.07, 6.45) is 12.0. The summed E-state index contributed by atoms with van der Waals surface area (Å²) in [6.45, 7) is 0.679. The number of carboxylic acids is 1. The first-order valence-electron chi connectivity index (χ1n) is 7.55. The minimum atomic E-state index is -0.834. The number of carbonyl (C=O) groups excluding carboxylic acids is 1. The van der Waals surface area contributed by atoms with E-state index in [1.807, 2.05) is 11.8 Å². The van der Waals surface area contributed by atoms with E-state index in [4.69, 9.17) is 5.11 Å². The van der Waals surface area contributed by atoms with Crippen molar-refractivity contribution in [2.75, 3.05) is 12.8 Å². The van der Waals surface area contributed by atoms with Crippen LogP contribution in [0.1, 0.15) is 38.5 Å². The van der Waals surface area contributed by atoms with Crippen LogP contribution in [0.3, 0.4) is 0 Å². The summed E-state index contributed by atoms with van der Waals surface area (Å²) < 4.78 is 0.171.